The quantitative estimate of drug-likeness (QED) is 0.471. The minimum Gasteiger partial charge on any atom is -0.497 e. The van der Waals surface area contributed by atoms with Gasteiger partial charge in [-0.3, -0.25) is 4.31 Å². The van der Waals surface area contributed by atoms with Gasteiger partial charge >= 0.3 is 0 Å². The van der Waals surface area contributed by atoms with Crippen molar-refractivity contribution in [2.75, 3.05) is 18.0 Å². The van der Waals surface area contributed by atoms with Crippen LogP contribution in [-0.4, -0.2) is 22.1 Å². The molecule has 128 valence electrons. The SMILES string of the molecule is C=CCCCN(c1ccc(OC)cc1)S(=O)(=O)c1ccccc1Br. The molecule has 0 spiro atoms. The summed E-state index contributed by atoms with van der Waals surface area (Å²) in [4.78, 5) is 0.249. The molecule has 2 rings (SSSR count). The predicted octanol–water partition coefficient (Wildman–Crippen LogP) is 4.62. The fourth-order valence-corrected chi connectivity index (χ4v) is 4.76. The van der Waals surface area contributed by atoms with Gasteiger partial charge in [-0.05, 0) is 65.2 Å². The average Bonchev–Trinajstić information content (AvgIpc) is 2.59. The van der Waals surface area contributed by atoms with Gasteiger partial charge in [-0.25, -0.2) is 8.42 Å². The number of methoxy groups -OCH3 is 1. The molecule has 2 aromatic carbocycles. The molecule has 0 bridgehead atoms. The highest BCUT2D eigenvalue weighted by Gasteiger charge is 2.26. The molecule has 0 aromatic heterocycles. The van der Waals surface area contributed by atoms with E-state index < -0.39 is 10.0 Å². The minimum atomic E-state index is -3.67. The van der Waals surface area contributed by atoms with Crippen molar-refractivity contribution in [1.82, 2.24) is 0 Å². The van der Waals surface area contributed by atoms with Crippen LogP contribution in [0.15, 0.2) is 70.6 Å². The molecule has 0 saturated heterocycles. The van der Waals surface area contributed by atoms with Crippen molar-refractivity contribution in [2.24, 2.45) is 0 Å². The first kappa shape index (κ1) is 18.5. The Morgan fingerprint density at radius 3 is 2.42 bits per heavy atom. The van der Waals surface area contributed by atoms with E-state index in [1.54, 1.807) is 61.7 Å². The number of halogens is 1. The van der Waals surface area contributed by atoms with Crippen molar-refractivity contribution in [3.63, 3.8) is 0 Å². The van der Waals surface area contributed by atoms with E-state index in [4.69, 9.17) is 4.74 Å². The third-order valence-corrected chi connectivity index (χ3v) is 6.37. The summed E-state index contributed by atoms with van der Waals surface area (Å²) in [5.41, 5.74) is 0.607. The van der Waals surface area contributed by atoms with Gasteiger partial charge in [0, 0.05) is 11.0 Å². The van der Waals surface area contributed by atoms with E-state index in [9.17, 15) is 8.42 Å². The predicted molar refractivity (Wildman–Crippen MR) is 101 cm³/mol. The second-order valence-electron chi connectivity index (χ2n) is 5.14. The Hall–Kier alpha value is -1.79. The average molecular weight is 410 g/mol. The summed E-state index contributed by atoms with van der Waals surface area (Å²) in [5, 5.41) is 0. The lowest BCUT2D eigenvalue weighted by molar-refractivity contribution is 0.415. The topological polar surface area (TPSA) is 46.6 Å². The molecule has 0 N–H and O–H groups in total. The maximum Gasteiger partial charge on any atom is 0.265 e. The molecule has 0 aliphatic carbocycles. The Morgan fingerprint density at radius 1 is 1.17 bits per heavy atom. The summed E-state index contributed by atoms with van der Waals surface area (Å²) in [7, 11) is -2.10. The Balaban J connectivity index is 2.44. The number of ether oxygens (including phenoxy) is 1. The maximum atomic E-state index is 13.1. The van der Waals surface area contributed by atoms with Crippen LogP contribution in [-0.2, 0) is 10.0 Å². The summed E-state index contributed by atoms with van der Waals surface area (Å²) in [5.74, 6) is 0.683. The largest absolute Gasteiger partial charge is 0.497 e. The van der Waals surface area contributed by atoms with Crippen LogP contribution in [0, 0.1) is 0 Å². The molecule has 0 aliphatic rings. The first-order valence-electron chi connectivity index (χ1n) is 7.53. The highest BCUT2D eigenvalue weighted by atomic mass is 79.9. The third kappa shape index (κ3) is 4.19. The Labute approximate surface area is 151 Å². The number of allylic oxidation sites excluding steroid dienone is 1. The molecular formula is C18H20BrNO3S. The first-order chi connectivity index (χ1) is 11.5. The molecule has 4 nitrogen and oxygen atoms in total. The molecule has 0 fully saturated rings. The van der Waals surface area contributed by atoms with Gasteiger partial charge in [-0.2, -0.15) is 0 Å². The van der Waals surface area contributed by atoms with Gasteiger partial charge in [0.2, 0.25) is 0 Å². The summed E-state index contributed by atoms with van der Waals surface area (Å²) < 4.78 is 33.4. The van der Waals surface area contributed by atoms with Crippen LogP contribution >= 0.6 is 15.9 Å². The van der Waals surface area contributed by atoms with Crippen LogP contribution < -0.4 is 9.04 Å². The van der Waals surface area contributed by atoms with Crippen LogP contribution in [0.4, 0.5) is 5.69 Å². The van der Waals surface area contributed by atoms with Gasteiger partial charge in [-0.15, -0.1) is 6.58 Å². The van der Waals surface area contributed by atoms with Gasteiger partial charge < -0.3 is 4.74 Å². The molecule has 0 atom stereocenters. The van der Waals surface area contributed by atoms with Crippen molar-refractivity contribution in [2.45, 2.75) is 17.7 Å². The molecule has 0 unspecified atom stereocenters. The van der Waals surface area contributed by atoms with E-state index in [1.807, 2.05) is 0 Å². The smallest absolute Gasteiger partial charge is 0.265 e. The van der Waals surface area contributed by atoms with Crippen LogP contribution in [0.5, 0.6) is 5.75 Å². The molecule has 0 aliphatic heterocycles. The summed E-state index contributed by atoms with van der Waals surface area (Å²) in [6.07, 6.45) is 3.23. The third-order valence-electron chi connectivity index (χ3n) is 3.53. The van der Waals surface area contributed by atoms with Crippen molar-refractivity contribution >= 4 is 31.6 Å². The zero-order valence-electron chi connectivity index (χ0n) is 13.5. The Kier molecular flexibility index (Phi) is 6.45. The number of anilines is 1. The molecule has 0 heterocycles. The van der Waals surface area contributed by atoms with Crippen molar-refractivity contribution in [3.8, 4) is 5.75 Å². The van der Waals surface area contributed by atoms with E-state index in [-0.39, 0.29) is 4.90 Å². The second kappa shape index (κ2) is 8.35. The Morgan fingerprint density at radius 2 is 1.83 bits per heavy atom. The van der Waals surface area contributed by atoms with E-state index >= 15 is 0 Å². The van der Waals surface area contributed by atoms with Crippen molar-refractivity contribution in [1.29, 1.82) is 0 Å². The normalized spacial score (nSPS) is 11.1. The van der Waals surface area contributed by atoms with Gasteiger partial charge in [0.05, 0.1) is 12.8 Å². The Bertz CT molecular complexity index is 788. The monoisotopic (exact) mass is 409 g/mol. The van der Waals surface area contributed by atoms with E-state index in [0.29, 0.717) is 28.9 Å². The number of nitrogens with zero attached hydrogens (tertiary/aromatic N) is 1. The van der Waals surface area contributed by atoms with Gasteiger partial charge in [0.15, 0.2) is 0 Å². The lowest BCUT2D eigenvalue weighted by atomic mass is 10.2. The molecule has 2 aromatic rings. The van der Waals surface area contributed by atoms with Gasteiger partial charge in [0.25, 0.3) is 10.0 Å². The number of unbranched alkanes of at least 4 members (excludes halogenated alkanes) is 1. The highest BCUT2D eigenvalue weighted by Crippen LogP contribution is 2.30. The van der Waals surface area contributed by atoms with Crippen molar-refractivity contribution < 1.29 is 13.2 Å². The minimum absolute atomic E-state index is 0.249. The zero-order chi connectivity index (χ0) is 17.6. The van der Waals surface area contributed by atoms with E-state index in [2.05, 4.69) is 22.5 Å². The van der Waals surface area contributed by atoms with E-state index in [0.717, 1.165) is 6.42 Å². The first-order valence-corrected chi connectivity index (χ1v) is 9.76. The maximum absolute atomic E-state index is 13.1. The van der Waals surface area contributed by atoms with Crippen LogP contribution in [0.25, 0.3) is 0 Å². The fraction of sp³-hybridized carbons (Fsp3) is 0.222. The van der Waals surface area contributed by atoms with Crippen molar-refractivity contribution in [3.05, 3.63) is 65.7 Å². The number of benzene rings is 2. The number of sulfonamides is 1. The summed E-state index contributed by atoms with van der Waals surface area (Å²) in [6.45, 7) is 4.07. The zero-order valence-corrected chi connectivity index (χ0v) is 15.9. The standard InChI is InChI=1S/C18H20BrNO3S/c1-3-4-7-14-20(15-10-12-16(23-2)13-11-15)24(21,22)18-9-6-5-8-17(18)19/h3,5-6,8-13H,1,4,7,14H2,2H3. The number of hydrogen-bond donors (Lipinski definition) is 0. The van der Waals surface area contributed by atoms with Crippen LogP contribution in [0.3, 0.4) is 0 Å². The van der Waals surface area contributed by atoms with Crippen LogP contribution in [0.2, 0.25) is 0 Å². The lowest BCUT2D eigenvalue weighted by Gasteiger charge is -2.25. The van der Waals surface area contributed by atoms with Crippen LogP contribution in [0.1, 0.15) is 12.8 Å². The van der Waals surface area contributed by atoms with E-state index in [1.165, 1.54) is 4.31 Å². The summed E-state index contributed by atoms with van der Waals surface area (Å²) in [6, 6.07) is 13.8. The number of rotatable bonds is 8. The molecule has 24 heavy (non-hydrogen) atoms. The van der Waals surface area contributed by atoms with Gasteiger partial charge in [0.1, 0.15) is 10.6 Å². The fourth-order valence-electron chi connectivity index (χ4n) is 2.29. The molecule has 0 amide bonds. The lowest BCUT2D eigenvalue weighted by Crippen LogP contribution is -2.32. The highest BCUT2D eigenvalue weighted by molar-refractivity contribution is 9.10. The molecule has 6 heteroatoms. The molecular weight excluding hydrogens is 390 g/mol. The summed E-state index contributed by atoms with van der Waals surface area (Å²) >= 11 is 3.34. The van der Waals surface area contributed by atoms with Gasteiger partial charge in [-0.1, -0.05) is 18.2 Å². The second-order valence-corrected chi connectivity index (χ2v) is 7.82. The molecule has 0 saturated carbocycles. The molecule has 0 radical (unpaired) electrons. The number of hydrogen-bond acceptors (Lipinski definition) is 3.